The molecule has 5 heteroatoms. The van der Waals surface area contributed by atoms with Gasteiger partial charge in [0, 0.05) is 5.39 Å². The number of hydrogen-bond acceptors (Lipinski definition) is 4. The molecule has 3 rings (SSSR count). The second-order valence-corrected chi connectivity index (χ2v) is 7.89. The maximum Gasteiger partial charge on any atom is 0.150 e. The van der Waals surface area contributed by atoms with Gasteiger partial charge in [0.1, 0.15) is 17.4 Å². The van der Waals surface area contributed by atoms with E-state index >= 15 is 0 Å². The van der Waals surface area contributed by atoms with Crippen LogP contribution in [0.3, 0.4) is 0 Å². The largest absolute Gasteiger partial charge is 0.458 e. The lowest BCUT2D eigenvalue weighted by Gasteiger charge is -2.11. The second-order valence-electron chi connectivity index (χ2n) is 5.66. The standard InChI is InChI=1S/C15H18O4S/c1-10-3-2-4-12-8-14(19-15(10)12)13(16)7-11-5-6-20(17,18)9-11/h2-4,8,11,13,16H,5-7,9H2,1H3. The Morgan fingerprint density at radius 2 is 2.25 bits per heavy atom. The summed E-state index contributed by atoms with van der Waals surface area (Å²) in [7, 11) is -2.90. The van der Waals surface area contributed by atoms with Gasteiger partial charge in [-0.25, -0.2) is 8.42 Å². The highest BCUT2D eigenvalue weighted by Gasteiger charge is 2.30. The fourth-order valence-corrected chi connectivity index (χ4v) is 4.76. The highest BCUT2D eigenvalue weighted by atomic mass is 32.2. The van der Waals surface area contributed by atoms with Crippen LogP contribution in [0.5, 0.6) is 0 Å². The first-order valence-corrected chi connectivity index (χ1v) is 8.64. The third-order valence-electron chi connectivity index (χ3n) is 3.97. The number of hydrogen-bond donors (Lipinski definition) is 1. The van der Waals surface area contributed by atoms with Crippen LogP contribution < -0.4 is 0 Å². The fraction of sp³-hybridized carbons (Fsp3) is 0.467. The van der Waals surface area contributed by atoms with Crippen LogP contribution in [0.15, 0.2) is 28.7 Å². The van der Waals surface area contributed by atoms with Crippen LogP contribution >= 0.6 is 0 Å². The number of para-hydroxylation sites is 1. The van der Waals surface area contributed by atoms with Crippen LogP contribution in [0.1, 0.15) is 30.3 Å². The number of fused-ring (bicyclic) bond motifs is 1. The molecule has 1 aromatic heterocycles. The van der Waals surface area contributed by atoms with E-state index in [4.69, 9.17) is 4.42 Å². The molecule has 2 atom stereocenters. The maximum atomic E-state index is 11.4. The summed E-state index contributed by atoms with van der Waals surface area (Å²) in [4.78, 5) is 0. The first-order valence-electron chi connectivity index (χ1n) is 6.82. The average molecular weight is 294 g/mol. The summed E-state index contributed by atoms with van der Waals surface area (Å²) in [6, 6.07) is 7.71. The van der Waals surface area contributed by atoms with Gasteiger partial charge < -0.3 is 9.52 Å². The summed E-state index contributed by atoms with van der Waals surface area (Å²) in [5.74, 6) is 0.982. The third kappa shape index (κ3) is 2.60. The van der Waals surface area contributed by atoms with Gasteiger partial charge in [-0.05, 0) is 37.3 Å². The number of aryl methyl sites for hydroxylation is 1. The molecule has 2 heterocycles. The number of furan rings is 1. The zero-order chi connectivity index (χ0) is 14.3. The summed E-state index contributed by atoms with van der Waals surface area (Å²) in [5.41, 5.74) is 1.82. The van der Waals surface area contributed by atoms with Crippen molar-refractivity contribution in [3.8, 4) is 0 Å². The van der Waals surface area contributed by atoms with Crippen molar-refractivity contribution in [2.75, 3.05) is 11.5 Å². The Kier molecular flexibility index (Phi) is 3.34. The zero-order valence-electron chi connectivity index (χ0n) is 11.4. The minimum absolute atomic E-state index is 0.0318. The summed E-state index contributed by atoms with van der Waals surface area (Å²) in [6.07, 6.45) is 0.344. The predicted molar refractivity (Wildman–Crippen MR) is 77.3 cm³/mol. The summed E-state index contributed by atoms with van der Waals surface area (Å²) >= 11 is 0. The zero-order valence-corrected chi connectivity index (χ0v) is 12.2. The average Bonchev–Trinajstić information content (AvgIpc) is 2.94. The van der Waals surface area contributed by atoms with Crippen molar-refractivity contribution in [3.05, 3.63) is 35.6 Å². The van der Waals surface area contributed by atoms with Crippen molar-refractivity contribution < 1.29 is 17.9 Å². The molecule has 4 nitrogen and oxygen atoms in total. The molecule has 1 aromatic carbocycles. The van der Waals surface area contributed by atoms with Crippen molar-refractivity contribution in [2.45, 2.75) is 25.9 Å². The molecule has 0 bridgehead atoms. The van der Waals surface area contributed by atoms with Crippen molar-refractivity contribution in [1.82, 2.24) is 0 Å². The molecule has 0 amide bonds. The fourth-order valence-electron chi connectivity index (χ4n) is 2.88. The Morgan fingerprint density at radius 3 is 2.90 bits per heavy atom. The molecule has 0 spiro atoms. The van der Waals surface area contributed by atoms with Crippen LogP contribution in [-0.2, 0) is 9.84 Å². The van der Waals surface area contributed by atoms with Gasteiger partial charge in [0.25, 0.3) is 0 Å². The molecular weight excluding hydrogens is 276 g/mol. The van der Waals surface area contributed by atoms with Gasteiger partial charge in [-0.3, -0.25) is 0 Å². The van der Waals surface area contributed by atoms with E-state index in [0.717, 1.165) is 16.5 Å². The molecule has 0 aliphatic carbocycles. The Bertz CT molecular complexity index is 729. The third-order valence-corrected chi connectivity index (χ3v) is 5.81. The lowest BCUT2D eigenvalue weighted by molar-refractivity contribution is 0.126. The van der Waals surface area contributed by atoms with Crippen LogP contribution in [0.25, 0.3) is 11.0 Å². The van der Waals surface area contributed by atoms with E-state index in [0.29, 0.717) is 18.6 Å². The first-order chi connectivity index (χ1) is 9.44. The van der Waals surface area contributed by atoms with E-state index in [1.54, 1.807) is 0 Å². The van der Waals surface area contributed by atoms with Crippen LogP contribution in [0.2, 0.25) is 0 Å². The number of sulfone groups is 1. The quantitative estimate of drug-likeness (QED) is 0.945. The van der Waals surface area contributed by atoms with Crippen LogP contribution in [0.4, 0.5) is 0 Å². The van der Waals surface area contributed by atoms with Gasteiger partial charge >= 0.3 is 0 Å². The molecule has 1 aliphatic heterocycles. The van der Waals surface area contributed by atoms with Crippen molar-refractivity contribution in [1.29, 1.82) is 0 Å². The Labute approximate surface area is 118 Å². The normalized spacial score (nSPS) is 23.2. The summed E-state index contributed by atoms with van der Waals surface area (Å²) < 4.78 is 28.6. The second kappa shape index (κ2) is 4.90. The minimum atomic E-state index is -2.90. The first kappa shape index (κ1) is 13.6. The predicted octanol–water partition coefficient (Wildman–Crippen LogP) is 2.60. The lowest BCUT2D eigenvalue weighted by atomic mass is 10.00. The smallest absolute Gasteiger partial charge is 0.150 e. The molecule has 0 saturated carbocycles. The lowest BCUT2D eigenvalue weighted by Crippen LogP contribution is -2.09. The van der Waals surface area contributed by atoms with E-state index in [1.807, 2.05) is 31.2 Å². The van der Waals surface area contributed by atoms with E-state index in [-0.39, 0.29) is 17.4 Å². The van der Waals surface area contributed by atoms with Gasteiger partial charge in [-0.1, -0.05) is 18.2 Å². The highest BCUT2D eigenvalue weighted by molar-refractivity contribution is 7.91. The number of benzene rings is 1. The van der Waals surface area contributed by atoms with Gasteiger partial charge in [0.15, 0.2) is 9.84 Å². The number of rotatable bonds is 3. The molecule has 1 aliphatic rings. The molecule has 20 heavy (non-hydrogen) atoms. The Balaban J connectivity index is 1.79. The molecule has 2 unspecified atom stereocenters. The van der Waals surface area contributed by atoms with Gasteiger partial charge in [0.05, 0.1) is 11.5 Å². The van der Waals surface area contributed by atoms with Gasteiger partial charge in [-0.2, -0.15) is 0 Å². The van der Waals surface area contributed by atoms with E-state index < -0.39 is 15.9 Å². The summed E-state index contributed by atoms with van der Waals surface area (Å²) in [6.45, 7) is 1.96. The SMILES string of the molecule is Cc1cccc2cc(C(O)CC3CCS(=O)(=O)C3)oc12. The van der Waals surface area contributed by atoms with E-state index in [1.165, 1.54) is 0 Å². The maximum absolute atomic E-state index is 11.4. The minimum Gasteiger partial charge on any atom is -0.458 e. The molecule has 1 fully saturated rings. The highest BCUT2D eigenvalue weighted by Crippen LogP contribution is 2.32. The van der Waals surface area contributed by atoms with Crippen LogP contribution in [0, 0.1) is 12.8 Å². The molecule has 108 valence electrons. The molecule has 0 radical (unpaired) electrons. The van der Waals surface area contributed by atoms with Gasteiger partial charge in [-0.15, -0.1) is 0 Å². The monoisotopic (exact) mass is 294 g/mol. The number of aliphatic hydroxyl groups excluding tert-OH is 1. The van der Waals surface area contributed by atoms with Crippen LogP contribution in [-0.4, -0.2) is 25.0 Å². The van der Waals surface area contributed by atoms with E-state index in [2.05, 4.69) is 0 Å². The Hall–Kier alpha value is -1.33. The Morgan fingerprint density at radius 1 is 1.45 bits per heavy atom. The molecule has 1 N–H and O–H groups in total. The van der Waals surface area contributed by atoms with Crippen molar-refractivity contribution in [3.63, 3.8) is 0 Å². The topological polar surface area (TPSA) is 67.5 Å². The van der Waals surface area contributed by atoms with Crippen molar-refractivity contribution >= 4 is 20.8 Å². The molecule has 2 aromatic rings. The molecular formula is C15H18O4S. The molecule has 1 saturated heterocycles. The number of aliphatic hydroxyl groups is 1. The van der Waals surface area contributed by atoms with Crippen molar-refractivity contribution in [2.24, 2.45) is 5.92 Å². The van der Waals surface area contributed by atoms with E-state index in [9.17, 15) is 13.5 Å². The van der Waals surface area contributed by atoms with Gasteiger partial charge in [0.2, 0.25) is 0 Å². The summed E-state index contributed by atoms with van der Waals surface area (Å²) in [5, 5.41) is 11.2.